The Morgan fingerprint density at radius 1 is 1.21 bits per heavy atom. The molecule has 34 heavy (non-hydrogen) atoms. The van der Waals surface area contributed by atoms with Crippen molar-refractivity contribution in [3.05, 3.63) is 58.4 Å². The number of hydrogen-bond acceptors (Lipinski definition) is 6. The van der Waals surface area contributed by atoms with Gasteiger partial charge in [-0.1, -0.05) is 0 Å². The summed E-state index contributed by atoms with van der Waals surface area (Å²) < 4.78 is 62.8. The zero-order valence-electron chi connectivity index (χ0n) is 18.6. The monoisotopic (exact) mass is 494 g/mol. The molecule has 0 spiro atoms. The molecule has 0 amide bonds. The van der Waals surface area contributed by atoms with Crippen molar-refractivity contribution in [1.29, 1.82) is 0 Å². The standard InChI is InChI=1S/C22H24F2N4O5S/c1-22(23,24)21-25-19-13-17(5-8-20(19)27(21)14-15-9-11-33-12-10-15)26(2)34(31,32)18-6-3-16(4-7-18)28(29)30/h3-8,13,15H,9-12,14H2,1-2H3. The number of hydrogen-bond donors (Lipinski definition) is 0. The van der Waals surface area contributed by atoms with Crippen LogP contribution < -0.4 is 4.31 Å². The van der Waals surface area contributed by atoms with Crippen LogP contribution in [-0.4, -0.2) is 43.2 Å². The number of nitrogens with zero attached hydrogens (tertiary/aromatic N) is 4. The summed E-state index contributed by atoms with van der Waals surface area (Å²) in [6.45, 7) is 2.34. The Morgan fingerprint density at radius 2 is 1.85 bits per heavy atom. The van der Waals surface area contributed by atoms with Crippen LogP contribution in [0.2, 0.25) is 0 Å². The fraction of sp³-hybridized carbons (Fsp3) is 0.409. The highest BCUT2D eigenvalue weighted by molar-refractivity contribution is 7.92. The molecule has 12 heteroatoms. The van der Waals surface area contributed by atoms with Crippen LogP contribution in [0.3, 0.4) is 0 Å². The lowest BCUT2D eigenvalue weighted by molar-refractivity contribution is -0.384. The van der Waals surface area contributed by atoms with Crippen molar-refractivity contribution in [3.8, 4) is 0 Å². The molecule has 3 aromatic rings. The maximum atomic E-state index is 14.4. The van der Waals surface area contributed by atoms with Crippen LogP contribution in [-0.2, 0) is 27.2 Å². The van der Waals surface area contributed by atoms with Crippen molar-refractivity contribution >= 4 is 32.4 Å². The molecule has 2 aromatic carbocycles. The quantitative estimate of drug-likeness (QED) is 0.358. The molecule has 1 saturated heterocycles. The first kappa shape index (κ1) is 24.0. The number of fused-ring (bicyclic) bond motifs is 1. The third-order valence-corrected chi connectivity index (χ3v) is 7.78. The molecule has 0 bridgehead atoms. The molecule has 9 nitrogen and oxygen atoms in total. The highest BCUT2D eigenvalue weighted by Crippen LogP contribution is 2.34. The van der Waals surface area contributed by atoms with E-state index in [9.17, 15) is 27.3 Å². The minimum absolute atomic E-state index is 0.133. The average Bonchev–Trinajstić information content (AvgIpc) is 3.17. The van der Waals surface area contributed by atoms with E-state index >= 15 is 0 Å². The van der Waals surface area contributed by atoms with E-state index in [1.165, 1.54) is 23.7 Å². The molecule has 0 radical (unpaired) electrons. The van der Waals surface area contributed by atoms with E-state index in [2.05, 4.69) is 4.98 Å². The number of nitro benzene ring substituents is 1. The summed E-state index contributed by atoms with van der Waals surface area (Å²) in [4.78, 5) is 14.3. The Balaban J connectivity index is 1.70. The molecule has 1 aliphatic rings. The number of aromatic nitrogens is 2. The maximum absolute atomic E-state index is 14.4. The van der Waals surface area contributed by atoms with Crippen LogP contribution in [0.4, 0.5) is 20.2 Å². The second kappa shape index (κ2) is 8.91. The first-order valence-electron chi connectivity index (χ1n) is 10.7. The summed E-state index contributed by atoms with van der Waals surface area (Å²) >= 11 is 0. The number of non-ortho nitro benzene ring substituents is 1. The number of benzene rings is 2. The number of rotatable bonds is 7. The van der Waals surface area contributed by atoms with E-state index in [-0.39, 0.29) is 33.5 Å². The molecule has 1 aromatic heterocycles. The van der Waals surface area contributed by atoms with Gasteiger partial charge in [-0.25, -0.2) is 13.4 Å². The Hall–Kier alpha value is -3.12. The van der Waals surface area contributed by atoms with Crippen LogP contribution in [0.15, 0.2) is 47.4 Å². The second-order valence-electron chi connectivity index (χ2n) is 8.39. The summed E-state index contributed by atoms with van der Waals surface area (Å²) in [6, 6.07) is 9.10. The number of halogens is 2. The minimum atomic E-state index is -4.04. The largest absolute Gasteiger partial charge is 0.381 e. The first-order chi connectivity index (χ1) is 16.0. The Kier molecular flexibility index (Phi) is 6.30. The molecular weight excluding hydrogens is 470 g/mol. The lowest BCUT2D eigenvalue weighted by Gasteiger charge is -2.24. The van der Waals surface area contributed by atoms with Gasteiger partial charge in [-0.2, -0.15) is 8.78 Å². The molecule has 0 atom stereocenters. The molecular formula is C22H24F2N4O5S. The van der Waals surface area contributed by atoms with Crippen LogP contribution >= 0.6 is 0 Å². The van der Waals surface area contributed by atoms with Gasteiger partial charge in [0.2, 0.25) is 0 Å². The highest BCUT2D eigenvalue weighted by Gasteiger charge is 2.33. The van der Waals surface area contributed by atoms with Crippen molar-refractivity contribution in [2.24, 2.45) is 5.92 Å². The highest BCUT2D eigenvalue weighted by atomic mass is 32.2. The van der Waals surface area contributed by atoms with Crippen LogP contribution in [0.5, 0.6) is 0 Å². The Bertz CT molecular complexity index is 1310. The topological polar surface area (TPSA) is 108 Å². The van der Waals surface area contributed by atoms with Gasteiger partial charge in [0, 0.05) is 45.9 Å². The van der Waals surface area contributed by atoms with Gasteiger partial charge in [-0.3, -0.25) is 14.4 Å². The summed E-state index contributed by atoms with van der Waals surface area (Å²) in [5, 5.41) is 10.8. The molecule has 182 valence electrons. The molecule has 0 unspecified atom stereocenters. The smallest absolute Gasteiger partial charge is 0.302 e. The summed E-state index contributed by atoms with van der Waals surface area (Å²) in [6.07, 6.45) is 1.53. The van der Waals surface area contributed by atoms with Crippen LogP contribution in [0.25, 0.3) is 11.0 Å². The second-order valence-corrected chi connectivity index (χ2v) is 10.4. The first-order valence-corrected chi connectivity index (χ1v) is 12.1. The SMILES string of the molecule is CN(c1ccc2c(c1)nc(C(C)(F)F)n2CC1CCOCC1)S(=O)(=O)c1ccc([N+](=O)[O-])cc1. The number of sulfonamides is 1. The van der Waals surface area contributed by atoms with Gasteiger partial charge < -0.3 is 9.30 Å². The number of imidazole rings is 1. The molecule has 4 rings (SSSR count). The number of alkyl halides is 2. The Morgan fingerprint density at radius 3 is 2.44 bits per heavy atom. The van der Waals surface area contributed by atoms with Crippen LogP contribution in [0.1, 0.15) is 25.6 Å². The fourth-order valence-corrected chi connectivity index (χ4v) is 5.25. The molecule has 2 heterocycles. The summed E-state index contributed by atoms with van der Waals surface area (Å²) in [7, 11) is -2.72. The van der Waals surface area contributed by atoms with Gasteiger partial charge >= 0.3 is 5.92 Å². The van der Waals surface area contributed by atoms with Gasteiger partial charge in [0.25, 0.3) is 15.7 Å². The van der Waals surface area contributed by atoms with Crippen molar-refractivity contribution in [2.45, 2.75) is 37.1 Å². The van der Waals surface area contributed by atoms with Gasteiger partial charge in [0.05, 0.1) is 26.5 Å². The van der Waals surface area contributed by atoms with E-state index in [0.717, 1.165) is 48.3 Å². The lowest BCUT2D eigenvalue weighted by atomic mass is 10.00. The van der Waals surface area contributed by atoms with Gasteiger partial charge in [0.15, 0.2) is 5.82 Å². The van der Waals surface area contributed by atoms with E-state index in [4.69, 9.17) is 4.74 Å². The van der Waals surface area contributed by atoms with Crippen molar-refractivity contribution in [3.63, 3.8) is 0 Å². The molecule has 0 aliphatic carbocycles. The average molecular weight is 495 g/mol. The molecule has 1 aliphatic heterocycles. The van der Waals surface area contributed by atoms with Crippen LogP contribution in [0, 0.1) is 16.0 Å². The van der Waals surface area contributed by atoms with Crippen molar-refractivity contribution in [1.82, 2.24) is 9.55 Å². The molecule has 1 fully saturated rings. The summed E-state index contributed by atoms with van der Waals surface area (Å²) in [5.74, 6) is -3.37. The van der Waals surface area contributed by atoms with E-state index in [1.807, 2.05) is 0 Å². The van der Waals surface area contributed by atoms with E-state index in [1.54, 1.807) is 6.07 Å². The minimum Gasteiger partial charge on any atom is -0.381 e. The molecule has 0 saturated carbocycles. The van der Waals surface area contributed by atoms with Gasteiger partial charge in [-0.15, -0.1) is 0 Å². The Labute approximate surface area is 195 Å². The van der Waals surface area contributed by atoms with Crippen molar-refractivity contribution < 1.29 is 26.9 Å². The third kappa shape index (κ3) is 4.60. The number of ether oxygens (including phenoxy) is 1. The van der Waals surface area contributed by atoms with Gasteiger partial charge in [0.1, 0.15) is 0 Å². The zero-order valence-corrected chi connectivity index (χ0v) is 19.5. The predicted octanol–water partition coefficient (Wildman–Crippen LogP) is 4.31. The maximum Gasteiger partial charge on any atom is 0.302 e. The normalized spacial score (nSPS) is 15.5. The van der Waals surface area contributed by atoms with E-state index in [0.29, 0.717) is 25.3 Å². The lowest BCUT2D eigenvalue weighted by Crippen LogP contribution is -2.26. The van der Waals surface area contributed by atoms with Crippen molar-refractivity contribution in [2.75, 3.05) is 24.6 Å². The summed E-state index contributed by atoms with van der Waals surface area (Å²) in [5.41, 5.74) is 0.749. The zero-order chi connectivity index (χ0) is 24.7. The molecule has 0 N–H and O–H groups in total. The van der Waals surface area contributed by atoms with E-state index < -0.39 is 20.9 Å². The number of anilines is 1. The predicted molar refractivity (Wildman–Crippen MR) is 122 cm³/mol. The number of nitro groups is 1. The third-order valence-electron chi connectivity index (χ3n) is 5.98. The fourth-order valence-electron chi connectivity index (χ4n) is 4.06. The van der Waals surface area contributed by atoms with Gasteiger partial charge in [-0.05, 0) is 49.1 Å².